The lowest BCUT2D eigenvalue weighted by molar-refractivity contribution is 0.280. The molecule has 0 aliphatic heterocycles. The second-order valence-corrected chi connectivity index (χ2v) is 3.17. The first-order valence-corrected chi connectivity index (χ1v) is 4.65. The lowest BCUT2D eigenvalue weighted by Gasteiger charge is -2.12. The first-order valence-electron chi connectivity index (χ1n) is 4.65. The minimum Gasteiger partial charge on any atom is -0.396 e. The lowest BCUT2D eigenvalue weighted by atomic mass is 9.98. The summed E-state index contributed by atoms with van der Waals surface area (Å²) in [5, 5.41) is 17.5. The number of aliphatic hydroxyl groups excluding tert-OH is 1. The number of nitrogens with two attached hydrogens (primary N) is 1. The van der Waals surface area contributed by atoms with Gasteiger partial charge < -0.3 is 10.8 Å². The van der Waals surface area contributed by atoms with E-state index in [2.05, 4.69) is 6.07 Å². The zero-order valence-corrected chi connectivity index (χ0v) is 9.20. The number of nitrogens with zero attached hydrogens (tertiary/aromatic N) is 1. The van der Waals surface area contributed by atoms with Gasteiger partial charge in [-0.3, -0.25) is 0 Å². The second kappa shape index (κ2) is 7.24. The standard InChI is InChI=1S/C11H14N2O.ClH/c12-8-9-4-1-2-5-10(9)11(13)6-3-7-14;/h1-2,4-5,11,14H,3,6-7,13H2;1H/t11-;/m1./s1. The van der Waals surface area contributed by atoms with E-state index in [1.807, 2.05) is 18.2 Å². The van der Waals surface area contributed by atoms with Crippen LogP contribution in [0.3, 0.4) is 0 Å². The first-order chi connectivity index (χ1) is 6.79. The molecule has 3 nitrogen and oxygen atoms in total. The molecule has 0 bridgehead atoms. The Hall–Kier alpha value is -1.08. The molecular weight excluding hydrogens is 212 g/mol. The summed E-state index contributed by atoms with van der Waals surface area (Å²) >= 11 is 0. The molecule has 1 aromatic rings. The van der Waals surface area contributed by atoms with Gasteiger partial charge in [0.2, 0.25) is 0 Å². The third-order valence-corrected chi connectivity index (χ3v) is 2.15. The summed E-state index contributed by atoms with van der Waals surface area (Å²) in [5.41, 5.74) is 7.38. The predicted molar refractivity (Wildman–Crippen MR) is 61.7 cm³/mol. The van der Waals surface area contributed by atoms with E-state index < -0.39 is 0 Å². The normalized spacial score (nSPS) is 11.3. The van der Waals surface area contributed by atoms with Crippen molar-refractivity contribution in [1.82, 2.24) is 0 Å². The average molecular weight is 227 g/mol. The lowest BCUT2D eigenvalue weighted by Crippen LogP contribution is -2.12. The molecule has 0 radical (unpaired) electrons. The summed E-state index contributed by atoms with van der Waals surface area (Å²) in [4.78, 5) is 0. The van der Waals surface area contributed by atoms with Gasteiger partial charge in [0.25, 0.3) is 0 Å². The minimum atomic E-state index is -0.155. The third kappa shape index (κ3) is 3.88. The molecule has 0 amide bonds. The fourth-order valence-electron chi connectivity index (χ4n) is 1.39. The molecule has 0 fully saturated rings. The molecule has 4 heteroatoms. The monoisotopic (exact) mass is 226 g/mol. The van der Waals surface area contributed by atoms with Crippen LogP contribution >= 0.6 is 12.4 Å². The Kier molecular flexibility index (Phi) is 6.72. The molecule has 0 unspecified atom stereocenters. The molecule has 3 N–H and O–H groups in total. The molecule has 82 valence electrons. The predicted octanol–water partition coefficient (Wildman–Crippen LogP) is 1.75. The molecule has 0 spiro atoms. The van der Waals surface area contributed by atoms with E-state index in [1.165, 1.54) is 0 Å². The van der Waals surface area contributed by atoms with Crippen LogP contribution in [-0.4, -0.2) is 11.7 Å². The summed E-state index contributed by atoms with van der Waals surface area (Å²) in [6.45, 7) is 0.141. The van der Waals surface area contributed by atoms with Gasteiger partial charge in [0.1, 0.15) is 0 Å². The zero-order chi connectivity index (χ0) is 10.4. The summed E-state index contributed by atoms with van der Waals surface area (Å²) < 4.78 is 0. The molecule has 0 aliphatic rings. The number of nitriles is 1. The van der Waals surface area contributed by atoms with Gasteiger partial charge in [-0.1, -0.05) is 18.2 Å². The quantitative estimate of drug-likeness (QED) is 0.822. The van der Waals surface area contributed by atoms with E-state index in [0.29, 0.717) is 18.4 Å². The Labute approximate surface area is 95.9 Å². The molecule has 0 aromatic heterocycles. The fraction of sp³-hybridized carbons (Fsp3) is 0.364. The van der Waals surface area contributed by atoms with Gasteiger partial charge in [-0.25, -0.2) is 0 Å². The topological polar surface area (TPSA) is 70.0 Å². The molecule has 1 atom stereocenters. The molecule has 1 aromatic carbocycles. The highest BCUT2D eigenvalue weighted by atomic mass is 35.5. The molecule has 0 saturated carbocycles. The van der Waals surface area contributed by atoms with Crippen molar-refractivity contribution in [2.75, 3.05) is 6.61 Å². The fourth-order valence-corrected chi connectivity index (χ4v) is 1.39. The van der Waals surface area contributed by atoms with E-state index in [4.69, 9.17) is 16.1 Å². The van der Waals surface area contributed by atoms with Crippen LogP contribution < -0.4 is 5.73 Å². The number of rotatable bonds is 4. The van der Waals surface area contributed by atoms with Crippen LogP contribution in [0.25, 0.3) is 0 Å². The van der Waals surface area contributed by atoms with Gasteiger partial charge in [-0.05, 0) is 24.5 Å². The number of benzene rings is 1. The highest BCUT2D eigenvalue weighted by Crippen LogP contribution is 2.19. The van der Waals surface area contributed by atoms with Crippen LogP contribution in [0.5, 0.6) is 0 Å². The van der Waals surface area contributed by atoms with Crippen molar-refractivity contribution in [2.24, 2.45) is 5.73 Å². The van der Waals surface area contributed by atoms with Crippen molar-refractivity contribution < 1.29 is 5.11 Å². The zero-order valence-electron chi connectivity index (χ0n) is 8.39. The van der Waals surface area contributed by atoms with E-state index >= 15 is 0 Å². The molecule has 1 rings (SSSR count). The summed E-state index contributed by atoms with van der Waals surface area (Å²) in [7, 11) is 0. The molecule has 0 heterocycles. The Morgan fingerprint density at radius 1 is 1.40 bits per heavy atom. The van der Waals surface area contributed by atoms with E-state index in [9.17, 15) is 0 Å². The van der Waals surface area contributed by atoms with Crippen LogP contribution in [-0.2, 0) is 0 Å². The van der Waals surface area contributed by atoms with Crippen molar-refractivity contribution in [2.45, 2.75) is 18.9 Å². The maximum atomic E-state index is 8.84. The van der Waals surface area contributed by atoms with Crippen molar-refractivity contribution in [3.8, 4) is 6.07 Å². The van der Waals surface area contributed by atoms with Crippen molar-refractivity contribution in [3.05, 3.63) is 35.4 Å². The van der Waals surface area contributed by atoms with Crippen molar-refractivity contribution >= 4 is 12.4 Å². The van der Waals surface area contributed by atoms with Crippen molar-refractivity contribution in [1.29, 1.82) is 5.26 Å². The van der Waals surface area contributed by atoms with Gasteiger partial charge in [0.15, 0.2) is 0 Å². The largest absolute Gasteiger partial charge is 0.396 e. The van der Waals surface area contributed by atoms with Crippen molar-refractivity contribution in [3.63, 3.8) is 0 Å². The van der Waals surface area contributed by atoms with E-state index in [-0.39, 0.29) is 25.1 Å². The molecule has 0 saturated heterocycles. The van der Waals surface area contributed by atoms with Gasteiger partial charge in [0.05, 0.1) is 11.6 Å². The SMILES string of the molecule is Cl.N#Cc1ccccc1[C@H](N)CCCO. The smallest absolute Gasteiger partial charge is 0.0995 e. The molecule has 15 heavy (non-hydrogen) atoms. The first kappa shape index (κ1) is 13.9. The summed E-state index contributed by atoms with van der Waals surface area (Å²) in [5.74, 6) is 0. The van der Waals surface area contributed by atoms with Crippen LogP contribution in [0, 0.1) is 11.3 Å². The van der Waals surface area contributed by atoms with Crippen LogP contribution in [0.15, 0.2) is 24.3 Å². The maximum Gasteiger partial charge on any atom is 0.0995 e. The van der Waals surface area contributed by atoms with Gasteiger partial charge in [0, 0.05) is 12.6 Å². The average Bonchev–Trinajstić information content (AvgIpc) is 2.25. The van der Waals surface area contributed by atoms with Crippen LogP contribution in [0.1, 0.15) is 30.0 Å². The number of hydrogen-bond donors (Lipinski definition) is 2. The Morgan fingerprint density at radius 3 is 2.67 bits per heavy atom. The molecular formula is C11H15ClN2O. The third-order valence-electron chi connectivity index (χ3n) is 2.15. The van der Waals surface area contributed by atoms with E-state index in [0.717, 1.165) is 5.56 Å². The van der Waals surface area contributed by atoms with Crippen LogP contribution in [0.2, 0.25) is 0 Å². The minimum absolute atomic E-state index is 0. The maximum absolute atomic E-state index is 8.84. The summed E-state index contributed by atoms with van der Waals surface area (Å²) in [6, 6.07) is 9.27. The summed E-state index contributed by atoms with van der Waals surface area (Å²) in [6.07, 6.45) is 1.37. The number of halogens is 1. The van der Waals surface area contributed by atoms with Crippen LogP contribution in [0.4, 0.5) is 0 Å². The van der Waals surface area contributed by atoms with Gasteiger partial charge in [-0.2, -0.15) is 5.26 Å². The van der Waals surface area contributed by atoms with Gasteiger partial charge in [-0.15, -0.1) is 12.4 Å². The second-order valence-electron chi connectivity index (χ2n) is 3.17. The molecule has 0 aliphatic carbocycles. The van der Waals surface area contributed by atoms with Gasteiger partial charge >= 0.3 is 0 Å². The Morgan fingerprint density at radius 2 is 2.07 bits per heavy atom. The highest BCUT2D eigenvalue weighted by molar-refractivity contribution is 5.85. The van der Waals surface area contributed by atoms with E-state index in [1.54, 1.807) is 6.07 Å². The number of hydrogen-bond acceptors (Lipinski definition) is 3. The Balaban J connectivity index is 0.00000196. The highest BCUT2D eigenvalue weighted by Gasteiger charge is 2.09. The number of aliphatic hydroxyl groups is 1. The Bertz CT molecular complexity index is 336.